The van der Waals surface area contributed by atoms with Crippen molar-refractivity contribution >= 4 is 0 Å². The quantitative estimate of drug-likeness (QED) is 0.728. The average Bonchev–Trinajstić information content (AvgIpc) is 2.13. The van der Waals surface area contributed by atoms with Gasteiger partial charge in [-0.15, -0.1) is 0 Å². The molecule has 0 spiro atoms. The molecule has 14 heavy (non-hydrogen) atoms. The van der Waals surface area contributed by atoms with Crippen LogP contribution in [0.5, 0.6) is 0 Å². The van der Waals surface area contributed by atoms with E-state index in [0.717, 1.165) is 23.9 Å². The molecule has 2 unspecified atom stereocenters. The van der Waals surface area contributed by atoms with Gasteiger partial charge in [0, 0.05) is 12.1 Å². The minimum atomic E-state index is 0.857. The first-order valence-corrected chi connectivity index (χ1v) is 6.53. The molecule has 0 aliphatic heterocycles. The summed E-state index contributed by atoms with van der Waals surface area (Å²) in [6, 6.07) is 1.72. The van der Waals surface area contributed by atoms with Crippen molar-refractivity contribution in [1.29, 1.82) is 0 Å². The fourth-order valence-corrected chi connectivity index (χ4v) is 3.10. The first-order chi connectivity index (χ1) is 6.77. The van der Waals surface area contributed by atoms with Crippen molar-refractivity contribution in [2.45, 2.75) is 70.9 Å². The summed E-state index contributed by atoms with van der Waals surface area (Å²) in [4.78, 5) is 0. The highest BCUT2D eigenvalue weighted by Gasteiger charge is 2.34. The predicted octanol–water partition coefficient (Wildman–Crippen LogP) is 3.34. The normalized spacial score (nSPS) is 34.5. The minimum Gasteiger partial charge on any atom is -0.311 e. The van der Waals surface area contributed by atoms with E-state index in [-0.39, 0.29) is 0 Å². The third kappa shape index (κ3) is 2.31. The number of nitrogens with one attached hydrogen (secondary N) is 1. The van der Waals surface area contributed by atoms with Crippen LogP contribution in [0.4, 0.5) is 0 Å². The zero-order chi connectivity index (χ0) is 9.97. The Labute approximate surface area is 88.7 Å². The van der Waals surface area contributed by atoms with E-state index in [0.29, 0.717) is 0 Å². The van der Waals surface area contributed by atoms with Crippen molar-refractivity contribution < 1.29 is 0 Å². The SMILES string of the molecule is CC(C)C1CCC1NC1CCCCC1. The first-order valence-electron chi connectivity index (χ1n) is 6.53. The predicted molar refractivity (Wildman–Crippen MR) is 61.4 cm³/mol. The molecule has 2 rings (SSSR count). The lowest BCUT2D eigenvalue weighted by Crippen LogP contribution is -2.50. The summed E-state index contributed by atoms with van der Waals surface area (Å²) in [5, 5.41) is 3.89. The molecule has 0 aromatic rings. The third-order valence-electron chi connectivity index (χ3n) is 4.24. The van der Waals surface area contributed by atoms with Crippen LogP contribution >= 0.6 is 0 Å². The van der Waals surface area contributed by atoms with Crippen LogP contribution in [0.15, 0.2) is 0 Å². The van der Waals surface area contributed by atoms with E-state index in [9.17, 15) is 0 Å². The lowest BCUT2D eigenvalue weighted by atomic mass is 9.72. The van der Waals surface area contributed by atoms with Crippen LogP contribution in [0.3, 0.4) is 0 Å². The van der Waals surface area contributed by atoms with Crippen molar-refractivity contribution in [3.8, 4) is 0 Å². The maximum Gasteiger partial charge on any atom is 0.0100 e. The van der Waals surface area contributed by atoms with Crippen LogP contribution in [0.1, 0.15) is 58.8 Å². The molecule has 0 aromatic carbocycles. The Kier molecular flexibility index (Phi) is 3.48. The smallest absolute Gasteiger partial charge is 0.0100 e. The van der Waals surface area contributed by atoms with E-state index >= 15 is 0 Å². The Balaban J connectivity index is 1.74. The molecule has 2 atom stereocenters. The molecule has 0 amide bonds. The lowest BCUT2D eigenvalue weighted by Gasteiger charge is -2.43. The highest BCUT2D eigenvalue weighted by Crippen LogP contribution is 2.34. The summed E-state index contributed by atoms with van der Waals surface area (Å²) in [5.41, 5.74) is 0. The Bertz CT molecular complexity index is 170. The first kappa shape index (κ1) is 10.5. The van der Waals surface area contributed by atoms with Gasteiger partial charge in [0.25, 0.3) is 0 Å². The van der Waals surface area contributed by atoms with E-state index in [1.54, 1.807) is 0 Å². The van der Waals surface area contributed by atoms with Gasteiger partial charge in [-0.25, -0.2) is 0 Å². The summed E-state index contributed by atoms with van der Waals surface area (Å²) < 4.78 is 0. The van der Waals surface area contributed by atoms with Gasteiger partial charge in [-0.05, 0) is 37.5 Å². The molecule has 2 aliphatic rings. The van der Waals surface area contributed by atoms with Gasteiger partial charge < -0.3 is 5.32 Å². The summed E-state index contributed by atoms with van der Waals surface area (Å²) in [6.07, 6.45) is 10.1. The molecule has 0 radical (unpaired) electrons. The number of hydrogen-bond donors (Lipinski definition) is 1. The van der Waals surface area contributed by atoms with Crippen molar-refractivity contribution in [2.75, 3.05) is 0 Å². The molecule has 1 heteroatoms. The molecule has 1 N–H and O–H groups in total. The van der Waals surface area contributed by atoms with E-state index < -0.39 is 0 Å². The number of rotatable bonds is 3. The van der Waals surface area contributed by atoms with Crippen molar-refractivity contribution in [3.63, 3.8) is 0 Å². The third-order valence-corrected chi connectivity index (χ3v) is 4.24. The maximum absolute atomic E-state index is 3.89. The van der Waals surface area contributed by atoms with Crippen LogP contribution < -0.4 is 5.32 Å². The second kappa shape index (κ2) is 4.65. The van der Waals surface area contributed by atoms with Gasteiger partial charge in [-0.3, -0.25) is 0 Å². The molecular formula is C13H25N. The highest BCUT2D eigenvalue weighted by atomic mass is 15.0. The molecule has 82 valence electrons. The Morgan fingerprint density at radius 3 is 2.14 bits per heavy atom. The summed E-state index contributed by atoms with van der Waals surface area (Å²) in [5.74, 6) is 1.85. The Morgan fingerprint density at radius 2 is 1.64 bits per heavy atom. The summed E-state index contributed by atoms with van der Waals surface area (Å²) in [6.45, 7) is 4.75. The average molecular weight is 195 g/mol. The molecule has 2 fully saturated rings. The summed E-state index contributed by atoms with van der Waals surface area (Å²) in [7, 11) is 0. The van der Waals surface area contributed by atoms with E-state index in [1.165, 1.54) is 44.9 Å². The molecule has 0 saturated heterocycles. The van der Waals surface area contributed by atoms with Gasteiger partial charge in [0.2, 0.25) is 0 Å². The maximum atomic E-state index is 3.89. The molecule has 2 aliphatic carbocycles. The van der Waals surface area contributed by atoms with E-state index in [4.69, 9.17) is 0 Å². The molecule has 0 aromatic heterocycles. The fraction of sp³-hybridized carbons (Fsp3) is 1.00. The van der Waals surface area contributed by atoms with Gasteiger partial charge in [0.05, 0.1) is 0 Å². The Morgan fingerprint density at radius 1 is 0.929 bits per heavy atom. The second-order valence-electron chi connectivity index (χ2n) is 5.59. The van der Waals surface area contributed by atoms with Gasteiger partial charge in [-0.2, -0.15) is 0 Å². The van der Waals surface area contributed by atoms with Crippen LogP contribution in [0.25, 0.3) is 0 Å². The van der Waals surface area contributed by atoms with Crippen molar-refractivity contribution in [3.05, 3.63) is 0 Å². The van der Waals surface area contributed by atoms with Gasteiger partial charge in [0.1, 0.15) is 0 Å². The van der Waals surface area contributed by atoms with Crippen molar-refractivity contribution in [2.24, 2.45) is 11.8 Å². The fourth-order valence-electron chi connectivity index (χ4n) is 3.10. The highest BCUT2D eigenvalue weighted by molar-refractivity contribution is 4.91. The molecule has 0 heterocycles. The monoisotopic (exact) mass is 195 g/mol. The van der Waals surface area contributed by atoms with Crippen molar-refractivity contribution in [1.82, 2.24) is 5.32 Å². The number of hydrogen-bond acceptors (Lipinski definition) is 1. The van der Waals surface area contributed by atoms with E-state index in [2.05, 4.69) is 19.2 Å². The molecular weight excluding hydrogens is 170 g/mol. The molecule has 1 nitrogen and oxygen atoms in total. The van der Waals surface area contributed by atoms with Crippen LogP contribution in [0, 0.1) is 11.8 Å². The summed E-state index contributed by atoms with van der Waals surface area (Å²) >= 11 is 0. The largest absolute Gasteiger partial charge is 0.311 e. The van der Waals surface area contributed by atoms with Crippen LogP contribution in [-0.2, 0) is 0 Å². The zero-order valence-corrected chi connectivity index (χ0v) is 9.76. The minimum absolute atomic E-state index is 0.857. The second-order valence-corrected chi connectivity index (χ2v) is 5.59. The van der Waals surface area contributed by atoms with E-state index in [1.807, 2.05) is 0 Å². The lowest BCUT2D eigenvalue weighted by molar-refractivity contribution is 0.133. The zero-order valence-electron chi connectivity index (χ0n) is 9.76. The van der Waals surface area contributed by atoms with Gasteiger partial charge >= 0.3 is 0 Å². The van der Waals surface area contributed by atoms with Gasteiger partial charge in [-0.1, -0.05) is 33.1 Å². The Hall–Kier alpha value is -0.0400. The molecule has 0 bridgehead atoms. The molecule has 2 saturated carbocycles. The topological polar surface area (TPSA) is 12.0 Å². The van der Waals surface area contributed by atoms with Crippen LogP contribution in [0.2, 0.25) is 0 Å². The van der Waals surface area contributed by atoms with Crippen LogP contribution in [-0.4, -0.2) is 12.1 Å². The standard InChI is InChI=1S/C13H25N/c1-10(2)12-8-9-13(12)14-11-6-4-3-5-7-11/h10-14H,3-9H2,1-2H3. The van der Waals surface area contributed by atoms with Gasteiger partial charge in [0.15, 0.2) is 0 Å².